The third kappa shape index (κ3) is 6.34. The Labute approximate surface area is 194 Å². The van der Waals surface area contributed by atoms with Gasteiger partial charge in [-0.15, -0.1) is 24.5 Å². The zero-order valence-electron chi connectivity index (χ0n) is 17.5. The summed E-state index contributed by atoms with van der Waals surface area (Å²) in [5, 5.41) is 13.9. The van der Waals surface area contributed by atoms with Crippen molar-refractivity contribution >= 4 is 35.0 Å². The van der Waals surface area contributed by atoms with Crippen LogP contribution in [0.2, 0.25) is 0 Å². The molecule has 0 spiro atoms. The monoisotopic (exact) mass is 497 g/mol. The van der Waals surface area contributed by atoms with Crippen molar-refractivity contribution in [3.63, 3.8) is 0 Å². The van der Waals surface area contributed by atoms with Crippen LogP contribution in [-0.4, -0.2) is 53.1 Å². The topological polar surface area (TPSA) is 125 Å². The Hall–Kier alpha value is -3.87. The lowest BCUT2D eigenvalue weighted by atomic mass is 10.1. The number of rotatable bonds is 7. The highest BCUT2D eigenvalue weighted by molar-refractivity contribution is 7.15. The van der Waals surface area contributed by atoms with Gasteiger partial charge in [0.05, 0.1) is 12.5 Å². The molecule has 0 saturated carbocycles. The second-order valence-electron chi connectivity index (χ2n) is 7.15. The maximum atomic E-state index is 12.5. The number of urea groups is 1. The second-order valence-corrected chi connectivity index (χ2v) is 8.26. The number of nitrogens with zero attached hydrogens (tertiary/aromatic N) is 1. The number of carbonyl (C=O) groups is 4. The molecule has 0 aliphatic carbocycles. The quantitative estimate of drug-likeness (QED) is 0.505. The fraction of sp³-hybridized carbons (Fsp3) is 0.238. The molecule has 0 radical (unpaired) electrons. The van der Waals surface area contributed by atoms with Gasteiger partial charge in [0.25, 0.3) is 5.91 Å². The first-order chi connectivity index (χ1) is 15.9. The first-order valence-corrected chi connectivity index (χ1v) is 10.5. The van der Waals surface area contributed by atoms with E-state index in [1.807, 2.05) is 0 Å². The minimum Gasteiger partial charge on any atom is -0.481 e. The minimum absolute atomic E-state index is 0.393. The highest BCUT2D eigenvalue weighted by Gasteiger charge is 2.33. The van der Waals surface area contributed by atoms with Crippen LogP contribution in [0, 0.1) is 0 Å². The summed E-state index contributed by atoms with van der Waals surface area (Å²) in [6.07, 6.45) is -2.98. The summed E-state index contributed by atoms with van der Waals surface area (Å²) in [5.41, 5.74) is 0.393. The molecule has 1 aliphatic rings. The standard InChI is InChI=1S/C21H18F3N3O6S/c1-27-8-7-14(28)18(19(27)31)26-20(32)25-13(10-17(29)30)16-6-5-15(34-16)11-3-2-4-12(9-11)33-21(22,23)24/h2-9,13,18H,10H2,1H3,(H,29,30)(H2,25,26,32)/t13-,18?/m0/s1. The van der Waals surface area contributed by atoms with Crippen LogP contribution in [0.5, 0.6) is 5.75 Å². The predicted molar refractivity (Wildman–Crippen MR) is 114 cm³/mol. The number of hydrogen-bond acceptors (Lipinski definition) is 6. The molecule has 0 bridgehead atoms. The van der Waals surface area contributed by atoms with E-state index in [1.165, 1.54) is 31.4 Å². The molecule has 1 aromatic carbocycles. The van der Waals surface area contributed by atoms with E-state index in [2.05, 4.69) is 15.4 Å². The number of ether oxygens (including phenoxy) is 1. The van der Waals surface area contributed by atoms with E-state index < -0.39 is 54.3 Å². The molecule has 3 amide bonds. The molecule has 1 unspecified atom stereocenters. The number of carbonyl (C=O) groups excluding carboxylic acids is 3. The van der Waals surface area contributed by atoms with Gasteiger partial charge in [0, 0.05) is 29.1 Å². The highest BCUT2D eigenvalue weighted by atomic mass is 32.1. The number of nitrogens with one attached hydrogen (secondary N) is 2. The molecule has 9 nitrogen and oxygen atoms in total. The normalized spacial score (nSPS) is 16.8. The molecule has 3 N–H and O–H groups in total. The average Bonchev–Trinajstić information content (AvgIpc) is 3.22. The number of carboxylic acid groups (broad SMARTS) is 1. The molecule has 0 fully saturated rings. The Morgan fingerprint density at radius 3 is 2.65 bits per heavy atom. The average molecular weight is 497 g/mol. The lowest BCUT2D eigenvalue weighted by molar-refractivity contribution is -0.274. The van der Waals surface area contributed by atoms with E-state index in [1.54, 1.807) is 12.1 Å². The van der Waals surface area contributed by atoms with Crippen molar-refractivity contribution in [1.29, 1.82) is 0 Å². The molecule has 1 aliphatic heterocycles. The minimum atomic E-state index is -4.85. The summed E-state index contributed by atoms with van der Waals surface area (Å²) in [6, 6.07) is 4.93. The molecule has 2 aromatic rings. The number of likely N-dealkylation sites (N-methyl/N-ethyl adjacent to an activating group) is 1. The van der Waals surface area contributed by atoms with Crippen LogP contribution in [0.3, 0.4) is 0 Å². The summed E-state index contributed by atoms with van der Waals surface area (Å²) in [5.74, 6) is -2.93. The van der Waals surface area contributed by atoms with Gasteiger partial charge < -0.3 is 25.4 Å². The van der Waals surface area contributed by atoms with Crippen molar-refractivity contribution in [2.75, 3.05) is 7.05 Å². The Balaban J connectivity index is 1.77. The van der Waals surface area contributed by atoms with Gasteiger partial charge >= 0.3 is 18.4 Å². The van der Waals surface area contributed by atoms with Gasteiger partial charge in [-0.05, 0) is 29.8 Å². The summed E-state index contributed by atoms with van der Waals surface area (Å²) < 4.78 is 41.4. The van der Waals surface area contributed by atoms with E-state index >= 15 is 0 Å². The number of benzene rings is 1. The molecule has 1 aromatic heterocycles. The smallest absolute Gasteiger partial charge is 0.481 e. The molecular formula is C21H18F3N3O6S. The largest absolute Gasteiger partial charge is 0.573 e. The first-order valence-electron chi connectivity index (χ1n) is 9.66. The van der Waals surface area contributed by atoms with Gasteiger partial charge in [-0.3, -0.25) is 14.4 Å². The number of hydrogen-bond donors (Lipinski definition) is 3. The molecule has 2 heterocycles. The fourth-order valence-electron chi connectivity index (χ4n) is 3.08. The molecule has 34 heavy (non-hydrogen) atoms. The lowest BCUT2D eigenvalue weighted by Crippen LogP contribution is -2.55. The van der Waals surface area contributed by atoms with Crippen LogP contribution in [0.4, 0.5) is 18.0 Å². The zero-order valence-corrected chi connectivity index (χ0v) is 18.3. The summed E-state index contributed by atoms with van der Waals surface area (Å²) >= 11 is 1.06. The molecule has 3 rings (SSSR count). The van der Waals surface area contributed by atoms with Crippen molar-refractivity contribution in [1.82, 2.24) is 15.5 Å². The SMILES string of the molecule is CN1C=CC(=O)C(NC(=O)N[C@@H](CC(=O)O)c2ccc(-c3cccc(OC(F)(F)F)c3)s2)C1=O. The Kier molecular flexibility index (Phi) is 7.25. The van der Waals surface area contributed by atoms with Crippen LogP contribution < -0.4 is 15.4 Å². The van der Waals surface area contributed by atoms with E-state index in [4.69, 9.17) is 0 Å². The molecule has 13 heteroatoms. The number of amides is 3. The number of carboxylic acids is 1. The third-order valence-corrected chi connectivity index (χ3v) is 5.87. The summed E-state index contributed by atoms with van der Waals surface area (Å²) in [6.45, 7) is 0. The number of thiophene rings is 1. The van der Waals surface area contributed by atoms with Crippen molar-refractivity contribution in [3.8, 4) is 16.2 Å². The zero-order chi connectivity index (χ0) is 25.0. The van der Waals surface area contributed by atoms with Crippen molar-refractivity contribution < 1.29 is 42.2 Å². The van der Waals surface area contributed by atoms with E-state index in [0.717, 1.165) is 28.4 Å². The maximum absolute atomic E-state index is 12.5. The molecular weight excluding hydrogens is 479 g/mol. The van der Waals surface area contributed by atoms with Gasteiger partial charge in [-0.2, -0.15) is 0 Å². The van der Waals surface area contributed by atoms with E-state index in [-0.39, 0.29) is 0 Å². The van der Waals surface area contributed by atoms with Crippen LogP contribution >= 0.6 is 11.3 Å². The number of ketones is 1. The summed E-state index contributed by atoms with van der Waals surface area (Å²) in [4.78, 5) is 49.9. The molecule has 0 saturated heterocycles. The maximum Gasteiger partial charge on any atom is 0.573 e. The van der Waals surface area contributed by atoms with Gasteiger partial charge in [-0.1, -0.05) is 12.1 Å². The predicted octanol–water partition coefficient (Wildman–Crippen LogP) is 3.05. The highest BCUT2D eigenvalue weighted by Crippen LogP contribution is 2.35. The number of aliphatic carboxylic acids is 1. The Bertz CT molecular complexity index is 1150. The Morgan fingerprint density at radius 1 is 1.24 bits per heavy atom. The summed E-state index contributed by atoms with van der Waals surface area (Å²) in [7, 11) is 1.41. The van der Waals surface area contributed by atoms with Crippen molar-refractivity contribution in [2.24, 2.45) is 0 Å². The first kappa shape index (κ1) is 24.8. The van der Waals surface area contributed by atoms with E-state index in [9.17, 15) is 37.5 Å². The van der Waals surface area contributed by atoms with Crippen LogP contribution in [0.25, 0.3) is 10.4 Å². The van der Waals surface area contributed by atoms with Gasteiger partial charge in [-0.25, -0.2) is 4.79 Å². The van der Waals surface area contributed by atoms with Crippen LogP contribution in [0.15, 0.2) is 48.7 Å². The second kappa shape index (κ2) is 9.95. The van der Waals surface area contributed by atoms with Crippen molar-refractivity contribution in [3.05, 3.63) is 53.6 Å². The molecule has 2 atom stereocenters. The fourth-order valence-corrected chi connectivity index (χ4v) is 4.14. The van der Waals surface area contributed by atoms with Gasteiger partial charge in [0.15, 0.2) is 11.8 Å². The van der Waals surface area contributed by atoms with E-state index in [0.29, 0.717) is 15.3 Å². The van der Waals surface area contributed by atoms with Crippen LogP contribution in [0.1, 0.15) is 17.3 Å². The lowest BCUT2D eigenvalue weighted by Gasteiger charge is -2.25. The van der Waals surface area contributed by atoms with Gasteiger partial charge in [0.2, 0.25) is 0 Å². The number of halogens is 3. The third-order valence-electron chi connectivity index (χ3n) is 4.62. The molecule has 180 valence electrons. The van der Waals surface area contributed by atoms with Crippen molar-refractivity contribution in [2.45, 2.75) is 24.9 Å². The Morgan fingerprint density at radius 2 is 1.97 bits per heavy atom. The number of alkyl halides is 3. The van der Waals surface area contributed by atoms with Crippen LogP contribution in [-0.2, 0) is 14.4 Å². The van der Waals surface area contributed by atoms with Gasteiger partial charge in [0.1, 0.15) is 5.75 Å².